The highest BCUT2D eigenvalue weighted by atomic mass is 32.2. The van der Waals surface area contributed by atoms with E-state index in [-0.39, 0.29) is 18.2 Å². The second kappa shape index (κ2) is 7.86. The molecule has 0 radical (unpaired) electrons. The van der Waals surface area contributed by atoms with E-state index in [4.69, 9.17) is 0 Å². The van der Waals surface area contributed by atoms with Crippen LogP contribution in [0.2, 0.25) is 0 Å². The highest BCUT2D eigenvalue weighted by Gasteiger charge is 2.30. The number of fused-ring (bicyclic) bond motifs is 1. The molecule has 3 aromatic carbocycles. The van der Waals surface area contributed by atoms with Crippen molar-refractivity contribution in [2.24, 2.45) is 4.99 Å². The largest absolute Gasteiger partial charge is 0.325 e. The predicted molar refractivity (Wildman–Crippen MR) is 115 cm³/mol. The van der Waals surface area contributed by atoms with Gasteiger partial charge in [-0.25, -0.2) is 4.99 Å². The highest BCUT2D eigenvalue weighted by Crippen LogP contribution is 2.27. The zero-order chi connectivity index (χ0) is 19.5. The second-order valence-electron chi connectivity index (χ2n) is 6.63. The molecule has 1 fully saturated rings. The van der Waals surface area contributed by atoms with Crippen LogP contribution in [0, 0.1) is 6.92 Å². The monoisotopic (exact) mass is 389 g/mol. The Balaban J connectivity index is 1.53. The Morgan fingerprint density at radius 1 is 1.07 bits per heavy atom. The van der Waals surface area contributed by atoms with Gasteiger partial charge in [-0.3, -0.25) is 9.59 Å². The summed E-state index contributed by atoms with van der Waals surface area (Å²) >= 11 is 1.27. The molecular formula is C22H19N3O2S. The molecule has 2 N–H and O–H groups in total. The molecule has 2 amide bonds. The van der Waals surface area contributed by atoms with Gasteiger partial charge in [0.2, 0.25) is 11.8 Å². The van der Waals surface area contributed by atoms with Crippen molar-refractivity contribution in [2.45, 2.75) is 18.6 Å². The molecule has 0 unspecified atom stereocenters. The third-order valence-electron chi connectivity index (χ3n) is 4.48. The van der Waals surface area contributed by atoms with Gasteiger partial charge < -0.3 is 10.6 Å². The number of aryl methyl sites for hydroxylation is 1. The van der Waals surface area contributed by atoms with E-state index < -0.39 is 5.25 Å². The van der Waals surface area contributed by atoms with Crippen molar-refractivity contribution < 1.29 is 9.59 Å². The lowest BCUT2D eigenvalue weighted by atomic mass is 10.1. The number of carbonyl (C=O) groups excluding carboxylic acids is 2. The minimum atomic E-state index is -0.531. The number of amidine groups is 1. The zero-order valence-corrected chi connectivity index (χ0v) is 16.1. The third kappa shape index (κ3) is 4.07. The topological polar surface area (TPSA) is 70.6 Å². The van der Waals surface area contributed by atoms with Crippen LogP contribution in [0.3, 0.4) is 0 Å². The van der Waals surface area contributed by atoms with E-state index >= 15 is 0 Å². The summed E-state index contributed by atoms with van der Waals surface area (Å²) in [5.41, 5.74) is 2.62. The van der Waals surface area contributed by atoms with E-state index in [9.17, 15) is 9.59 Å². The highest BCUT2D eigenvalue weighted by molar-refractivity contribution is 8.15. The normalized spacial score (nSPS) is 18.1. The summed E-state index contributed by atoms with van der Waals surface area (Å²) in [5, 5.41) is 7.66. The number of thioether (sulfide) groups is 1. The van der Waals surface area contributed by atoms with Gasteiger partial charge >= 0.3 is 0 Å². The van der Waals surface area contributed by atoms with Crippen LogP contribution in [0.4, 0.5) is 11.4 Å². The maximum atomic E-state index is 12.8. The van der Waals surface area contributed by atoms with E-state index in [2.05, 4.69) is 15.6 Å². The summed E-state index contributed by atoms with van der Waals surface area (Å²) in [5.74, 6) is -0.407. The van der Waals surface area contributed by atoms with Gasteiger partial charge in [0.15, 0.2) is 5.17 Å². The fourth-order valence-corrected chi connectivity index (χ4v) is 4.03. The molecule has 1 saturated heterocycles. The summed E-state index contributed by atoms with van der Waals surface area (Å²) in [6.07, 6.45) is 0.119. The first-order valence-corrected chi connectivity index (χ1v) is 9.87. The van der Waals surface area contributed by atoms with Crippen molar-refractivity contribution in [1.82, 2.24) is 5.32 Å². The second-order valence-corrected chi connectivity index (χ2v) is 7.82. The molecule has 6 heteroatoms. The molecule has 0 bridgehead atoms. The van der Waals surface area contributed by atoms with E-state index in [1.165, 1.54) is 11.8 Å². The molecular weight excluding hydrogens is 370 g/mol. The lowest BCUT2D eigenvalue weighted by Gasteiger charge is -2.22. The van der Waals surface area contributed by atoms with Gasteiger partial charge in [0.05, 0.1) is 5.69 Å². The zero-order valence-electron chi connectivity index (χ0n) is 15.3. The Hall–Kier alpha value is -3.12. The van der Waals surface area contributed by atoms with Crippen LogP contribution in [0.5, 0.6) is 0 Å². The molecule has 0 spiro atoms. The number of carbonyl (C=O) groups is 2. The number of anilines is 1. The SMILES string of the molecule is Cc1ccc(N=C2NC(=O)C[C@@H](C(=O)Nc3cccc4ccccc34)S2)cc1. The lowest BCUT2D eigenvalue weighted by Crippen LogP contribution is -2.41. The first-order valence-electron chi connectivity index (χ1n) is 8.99. The van der Waals surface area contributed by atoms with Gasteiger partial charge in [0, 0.05) is 17.5 Å². The number of amides is 2. The maximum absolute atomic E-state index is 12.8. The van der Waals surface area contributed by atoms with Crippen LogP contribution in [-0.4, -0.2) is 22.2 Å². The predicted octanol–water partition coefficient (Wildman–Crippen LogP) is 4.40. The van der Waals surface area contributed by atoms with Crippen LogP contribution in [-0.2, 0) is 9.59 Å². The molecule has 3 aromatic rings. The smallest absolute Gasteiger partial charge is 0.238 e. The minimum Gasteiger partial charge on any atom is -0.325 e. The van der Waals surface area contributed by atoms with E-state index in [1.54, 1.807) is 0 Å². The van der Waals surface area contributed by atoms with Gasteiger partial charge in [-0.1, -0.05) is 65.9 Å². The van der Waals surface area contributed by atoms with Crippen molar-refractivity contribution in [3.63, 3.8) is 0 Å². The Kier molecular flexibility index (Phi) is 5.12. The third-order valence-corrected chi connectivity index (χ3v) is 5.56. The Morgan fingerprint density at radius 2 is 1.82 bits per heavy atom. The van der Waals surface area contributed by atoms with Gasteiger partial charge in [0.1, 0.15) is 5.25 Å². The van der Waals surface area contributed by atoms with Gasteiger partial charge in [-0.2, -0.15) is 0 Å². The van der Waals surface area contributed by atoms with Gasteiger partial charge in [-0.05, 0) is 30.5 Å². The molecule has 28 heavy (non-hydrogen) atoms. The van der Waals surface area contributed by atoms with E-state index in [1.807, 2.05) is 73.7 Å². The van der Waals surface area contributed by atoms with Crippen molar-refractivity contribution in [3.8, 4) is 0 Å². The summed E-state index contributed by atoms with van der Waals surface area (Å²) in [6.45, 7) is 2.00. The molecule has 1 aliphatic heterocycles. The maximum Gasteiger partial charge on any atom is 0.238 e. The van der Waals surface area contributed by atoms with Gasteiger partial charge in [0.25, 0.3) is 0 Å². The molecule has 1 aliphatic rings. The van der Waals surface area contributed by atoms with Crippen molar-refractivity contribution in [3.05, 3.63) is 72.3 Å². The van der Waals surface area contributed by atoms with Crippen LogP contribution >= 0.6 is 11.8 Å². The molecule has 1 heterocycles. The van der Waals surface area contributed by atoms with Crippen molar-refractivity contribution in [1.29, 1.82) is 0 Å². The summed E-state index contributed by atoms with van der Waals surface area (Å²) in [6, 6.07) is 21.3. The van der Waals surface area contributed by atoms with E-state index in [0.717, 1.165) is 27.7 Å². The first kappa shape index (κ1) is 18.3. The average molecular weight is 389 g/mol. The number of aliphatic imine (C=N–C) groups is 1. The number of benzene rings is 3. The fourth-order valence-electron chi connectivity index (χ4n) is 3.03. The summed E-state index contributed by atoms with van der Waals surface area (Å²) in [7, 11) is 0. The number of hydrogen-bond donors (Lipinski definition) is 2. The van der Waals surface area contributed by atoms with E-state index in [0.29, 0.717) is 5.17 Å². The van der Waals surface area contributed by atoms with Crippen molar-refractivity contribution in [2.75, 3.05) is 5.32 Å². The standard InChI is InChI=1S/C22H19N3O2S/c1-14-9-11-16(12-10-14)23-22-25-20(26)13-19(28-22)21(27)24-18-8-4-6-15-5-2-3-7-17(15)18/h2-12,19H,13H2,1H3,(H,24,27)(H,23,25,26)/t19-/m0/s1. The number of rotatable bonds is 3. The summed E-state index contributed by atoms with van der Waals surface area (Å²) in [4.78, 5) is 29.4. The van der Waals surface area contributed by atoms with Crippen LogP contribution in [0.1, 0.15) is 12.0 Å². The Morgan fingerprint density at radius 3 is 2.64 bits per heavy atom. The Labute approximate surface area is 167 Å². The van der Waals surface area contributed by atoms with Crippen LogP contribution in [0.15, 0.2) is 71.7 Å². The molecule has 0 saturated carbocycles. The van der Waals surface area contributed by atoms with Crippen molar-refractivity contribution >= 4 is 50.9 Å². The van der Waals surface area contributed by atoms with Gasteiger partial charge in [-0.15, -0.1) is 0 Å². The molecule has 0 aliphatic carbocycles. The molecule has 5 nitrogen and oxygen atoms in total. The first-order chi connectivity index (χ1) is 13.6. The Bertz CT molecular complexity index is 1070. The summed E-state index contributed by atoms with van der Waals surface area (Å²) < 4.78 is 0. The van der Waals surface area contributed by atoms with Crippen LogP contribution in [0.25, 0.3) is 10.8 Å². The fraction of sp³-hybridized carbons (Fsp3) is 0.136. The number of nitrogens with zero attached hydrogens (tertiary/aromatic N) is 1. The average Bonchev–Trinajstić information content (AvgIpc) is 2.69. The van der Waals surface area contributed by atoms with Crippen LogP contribution < -0.4 is 10.6 Å². The number of hydrogen-bond acceptors (Lipinski definition) is 4. The molecule has 4 rings (SSSR count). The minimum absolute atomic E-state index is 0.119. The molecule has 1 atom stereocenters. The quantitative estimate of drug-likeness (QED) is 0.698. The lowest BCUT2D eigenvalue weighted by molar-refractivity contribution is -0.123. The number of nitrogens with one attached hydrogen (secondary N) is 2. The molecule has 140 valence electrons. The molecule has 0 aromatic heterocycles.